The second kappa shape index (κ2) is 4.90. The third kappa shape index (κ3) is 2.89. The quantitative estimate of drug-likeness (QED) is 0.830. The van der Waals surface area contributed by atoms with Crippen molar-refractivity contribution in [3.8, 4) is 0 Å². The molecular formula is C12H13BrFN. The smallest absolute Gasteiger partial charge is 0.123 e. The topological polar surface area (TPSA) is 12.0 Å². The van der Waals surface area contributed by atoms with E-state index in [1.165, 1.54) is 6.07 Å². The summed E-state index contributed by atoms with van der Waals surface area (Å²) in [5, 5.41) is 3.41. The Kier molecular flexibility index (Phi) is 3.54. The first-order valence-electron chi connectivity index (χ1n) is 5.08. The molecule has 0 aliphatic heterocycles. The van der Waals surface area contributed by atoms with Gasteiger partial charge in [0.1, 0.15) is 5.82 Å². The monoisotopic (exact) mass is 269 g/mol. The van der Waals surface area contributed by atoms with Crippen molar-refractivity contribution < 1.29 is 4.39 Å². The van der Waals surface area contributed by atoms with Crippen LogP contribution in [0.15, 0.2) is 34.8 Å². The van der Waals surface area contributed by atoms with Crippen LogP contribution in [0.2, 0.25) is 0 Å². The van der Waals surface area contributed by atoms with E-state index in [1.54, 1.807) is 12.1 Å². The Labute approximate surface area is 97.5 Å². The van der Waals surface area contributed by atoms with Crippen LogP contribution in [0.4, 0.5) is 4.39 Å². The van der Waals surface area contributed by atoms with Crippen molar-refractivity contribution in [3.63, 3.8) is 0 Å². The molecule has 1 nitrogen and oxygen atoms in total. The highest BCUT2D eigenvalue weighted by atomic mass is 79.9. The third-order valence-electron chi connectivity index (χ3n) is 2.60. The van der Waals surface area contributed by atoms with Gasteiger partial charge in [-0.3, -0.25) is 0 Å². The van der Waals surface area contributed by atoms with Crippen LogP contribution < -0.4 is 5.32 Å². The van der Waals surface area contributed by atoms with Crippen LogP contribution in [-0.2, 0) is 6.54 Å². The average molecular weight is 270 g/mol. The van der Waals surface area contributed by atoms with E-state index in [-0.39, 0.29) is 5.82 Å². The lowest BCUT2D eigenvalue weighted by Gasteiger charge is -2.12. The summed E-state index contributed by atoms with van der Waals surface area (Å²) in [6, 6.07) is 5.30. The zero-order valence-electron chi connectivity index (χ0n) is 8.34. The lowest BCUT2D eigenvalue weighted by molar-refractivity contribution is 0.535. The van der Waals surface area contributed by atoms with Crippen molar-refractivity contribution in [2.75, 3.05) is 0 Å². The number of halogens is 2. The molecule has 1 aromatic rings. The van der Waals surface area contributed by atoms with Crippen molar-refractivity contribution in [2.24, 2.45) is 0 Å². The first kappa shape index (κ1) is 10.8. The average Bonchev–Trinajstić information content (AvgIpc) is 2.72. The molecule has 80 valence electrons. The molecule has 0 fully saturated rings. The lowest BCUT2D eigenvalue weighted by atomic mass is 10.2. The molecule has 0 aromatic heterocycles. The molecule has 1 aromatic carbocycles. The Bertz CT molecular complexity index is 368. The fraction of sp³-hybridized carbons (Fsp3) is 0.333. The maximum atomic E-state index is 13.0. The lowest BCUT2D eigenvalue weighted by Crippen LogP contribution is -2.25. The van der Waals surface area contributed by atoms with Crippen LogP contribution in [0.1, 0.15) is 18.4 Å². The van der Waals surface area contributed by atoms with Crippen molar-refractivity contribution in [3.05, 3.63) is 46.2 Å². The Hall–Kier alpha value is -0.670. The molecule has 2 rings (SSSR count). The van der Waals surface area contributed by atoms with Gasteiger partial charge in [0.05, 0.1) is 0 Å². The van der Waals surface area contributed by atoms with E-state index >= 15 is 0 Å². The molecule has 0 saturated carbocycles. The third-order valence-corrected chi connectivity index (χ3v) is 3.37. The summed E-state index contributed by atoms with van der Waals surface area (Å²) >= 11 is 3.42. The van der Waals surface area contributed by atoms with Crippen molar-refractivity contribution >= 4 is 15.9 Å². The van der Waals surface area contributed by atoms with E-state index in [2.05, 4.69) is 33.4 Å². The van der Waals surface area contributed by atoms with Crippen LogP contribution in [0.25, 0.3) is 0 Å². The van der Waals surface area contributed by atoms with E-state index < -0.39 is 0 Å². The van der Waals surface area contributed by atoms with Gasteiger partial charge in [0.15, 0.2) is 0 Å². The van der Waals surface area contributed by atoms with Gasteiger partial charge in [-0.1, -0.05) is 28.1 Å². The Morgan fingerprint density at radius 1 is 1.33 bits per heavy atom. The van der Waals surface area contributed by atoms with E-state index in [4.69, 9.17) is 0 Å². The Morgan fingerprint density at radius 3 is 2.80 bits per heavy atom. The van der Waals surface area contributed by atoms with Gasteiger partial charge in [0.2, 0.25) is 0 Å². The van der Waals surface area contributed by atoms with Crippen molar-refractivity contribution in [1.82, 2.24) is 5.32 Å². The highest BCUT2D eigenvalue weighted by Crippen LogP contribution is 2.18. The summed E-state index contributed by atoms with van der Waals surface area (Å²) in [5.41, 5.74) is 0.974. The molecule has 0 saturated heterocycles. The molecule has 0 radical (unpaired) electrons. The fourth-order valence-electron chi connectivity index (χ4n) is 1.72. The highest BCUT2D eigenvalue weighted by Gasteiger charge is 2.10. The van der Waals surface area contributed by atoms with Crippen LogP contribution in [0.5, 0.6) is 0 Å². The molecule has 1 N–H and O–H groups in total. The predicted molar refractivity (Wildman–Crippen MR) is 63.1 cm³/mol. The van der Waals surface area contributed by atoms with Gasteiger partial charge in [0.25, 0.3) is 0 Å². The molecule has 1 aliphatic rings. The molecule has 15 heavy (non-hydrogen) atoms. The minimum atomic E-state index is -0.181. The number of hydrogen-bond acceptors (Lipinski definition) is 1. The van der Waals surface area contributed by atoms with Gasteiger partial charge in [0, 0.05) is 17.1 Å². The Morgan fingerprint density at radius 2 is 2.07 bits per heavy atom. The van der Waals surface area contributed by atoms with Gasteiger partial charge in [-0.2, -0.15) is 0 Å². The molecule has 0 bridgehead atoms. The van der Waals surface area contributed by atoms with Crippen LogP contribution in [0, 0.1) is 5.82 Å². The molecule has 1 aliphatic carbocycles. The normalized spacial score (nSPS) is 16.1. The van der Waals surface area contributed by atoms with E-state index in [0.29, 0.717) is 12.6 Å². The number of benzene rings is 1. The molecule has 3 heteroatoms. The SMILES string of the molecule is Fc1ccc(Br)c(CNC2CC=CC2)c1. The summed E-state index contributed by atoms with van der Waals surface area (Å²) in [7, 11) is 0. The standard InChI is InChI=1S/C12H13BrFN/c13-12-6-5-10(14)7-9(12)8-15-11-3-1-2-4-11/h1-2,5-7,11,15H,3-4,8H2. The van der Waals surface area contributed by atoms with Crippen LogP contribution >= 0.6 is 15.9 Å². The van der Waals surface area contributed by atoms with Crippen molar-refractivity contribution in [1.29, 1.82) is 0 Å². The van der Waals surface area contributed by atoms with Gasteiger partial charge < -0.3 is 5.32 Å². The number of hydrogen-bond donors (Lipinski definition) is 1. The Balaban J connectivity index is 1.95. The van der Waals surface area contributed by atoms with Crippen LogP contribution in [0.3, 0.4) is 0 Å². The predicted octanol–water partition coefficient (Wildman–Crippen LogP) is 3.40. The number of nitrogens with one attached hydrogen (secondary N) is 1. The first-order valence-corrected chi connectivity index (χ1v) is 5.87. The molecular weight excluding hydrogens is 257 g/mol. The zero-order chi connectivity index (χ0) is 10.7. The van der Waals surface area contributed by atoms with Gasteiger partial charge >= 0.3 is 0 Å². The van der Waals surface area contributed by atoms with E-state index in [1.807, 2.05) is 0 Å². The maximum Gasteiger partial charge on any atom is 0.123 e. The van der Waals surface area contributed by atoms with Gasteiger partial charge in [-0.15, -0.1) is 0 Å². The van der Waals surface area contributed by atoms with Gasteiger partial charge in [-0.25, -0.2) is 4.39 Å². The maximum absolute atomic E-state index is 13.0. The summed E-state index contributed by atoms with van der Waals surface area (Å²) in [6.45, 7) is 0.713. The second-order valence-corrected chi connectivity index (χ2v) is 4.61. The van der Waals surface area contributed by atoms with E-state index in [0.717, 1.165) is 22.9 Å². The highest BCUT2D eigenvalue weighted by molar-refractivity contribution is 9.10. The summed E-state index contributed by atoms with van der Waals surface area (Å²) in [6.07, 6.45) is 6.51. The molecule has 0 spiro atoms. The minimum absolute atomic E-state index is 0.181. The molecule has 0 heterocycles. The molecule has 0 amide bonds. The number of rotatable bonds is 3. The first-order chi connectivity index (χ1) is 7.25. The molecule has 0 atom stereocenters. The summed E-state index contributed by atoms with van der Waals surface area (Å²) < 4.78 is 13.9. The zero-order valence-corrected chi connectivity index (χ0v) is 9.93. The minimum Gasteiger partial charge on any atom is -0.309 e. The van der Waals surface area contributed by atoms with Crippen molar-refractivity contribution in [2.45, 2.75) is 25.4 Å². The van der Waals surface area contributed by atoms with Gasteiger partial charge in [-0.05, 0) is 36.6 Å². The fourth-order valence-corrected chi connectivity index (χ4v) is 2.10. The summed E-state index contributed by atoms with van der Waals surface area (Å²) in [5.74, 6) is -0.181. The van der Waals surface area contributed by atoms with Crippen LogP contribution in [-0.4, -0.2) is 6.04 Å². The molecule has 0 unspecified atom stereocenters. The van der Waals surface area contributed by atoms with E-state index in [9.17, 15) is 4.39 Å². The largest absolute Gasteiger partial charge is 0.309 e. The second-order valence-electron chi connectivity index (χ2n) is 3.76. The summed E-state index contributed by atoms with van der Waals surface area (Å²) in [4.78, 5) is 0.